The summed E-state index contributed by atoms with van der Waals surface area (Å²) in [5, 5.41) is 2.91. The number of carbonyl (C=O) groups is 1. The molecule has 1 aromatic carbocycles. The third-order valence-corrected chi connectivity index (χ3v) is 3.86. The lowest BCUT2D eigenvalue weighted by molar-refractivity contribution is 0.102. The minimum absolute atomic E-state index is 0.146. The lowest BCUT2D eigenvalue weighted by atomic mass is 10.2. The van der Waals surface area contributed by atoms with Gasteiger partial charge in [-0.05, 0) is 59.6 Å². The third-order valence-electron chi connectivity index (χ3n) is 3.21. The monoisotopic (exact) mass is 343 g/mol. The summed E-state index contributed by atoms with van der Waals surface area (Å²) in [5.74, 6) is -0.146. The van der Waals surface area contributed by atoms with E-state index in [9.17, 15) is 4.79 Å². The number of carbonyl (C=O) groups excluding carboxylic acids is 1. The summed E-state index contributed by atoms with van der Waals surface area (Å²) in [6, 6.07) is 9.43. The van der Waals surface area contributed by atoms with Crippen molar-refractivity contribution in [2.24, 2.45) is 0 Å². The van der Waals surface area contributed by atoms with Gasteiger partial charge >= 0.3 is 0 Å². The van der Waals surface area contributed by atoms with Crippen molar-refractivity contribution in [3.05, 3.63) is 64.0 Å². The van der Waals surface area contributed by atoms with Crippen molar-refractivity contribution in [1.29, 1.82) is 0 Å². The van der Waals surface area contributed by atoms with Gasteiger partial charge in [-0.2, -0.15) is 0 Å². The van der Waals surface area contributed by atoms with Crippen molar-refractivity contribution in [2.75, 3.05) is 5.32 Å². The van der Waals surface area contributed by atoms with Crippen molar-refractivity contribution >= 4 is 33.2 Å². The average molecular weight is 344 g/mol. The number of fused-ring (bicyclic) bond motifs is 1. The number of rotatable bonds is 2. The molecule has 0 saturated carbocycles. The SMILES string of the molecule is Cc1ccc(NC(=O)c2ccc3nc(C)cn3c2)c(Br)c1. The lowest BCUT2D eigenvalue weighted by Gasteiger charge is -2.08. The smallest absolute Gasteiger partial charge is 0.257 e. The summed E-state index contributed by atoms with van der Waals surface area (Å²) in [5.41, 5.74) is 4.24. The van der Waals surface area contributed by atoms with E-state index in [1.54, 1.807) is 12.3 Å². The Labute approximate surface area is 131 Å². The van der Waals surface area contributed by atoms with E-state index in [-0.39, 0.29) is 5.91 Å². The molecule has 3 rings (SSSR count). The molecule has 2 aromatic heterocycles. The topological polar surface area (TPSA) is 46.4 Å². The number of hydrogen-bond acceptors (Lipinski definition) is 2. The first-order valence-corrected chi connectivity index (χ1v) is 7.35. The molecule has 4 nitrogen and oxygen atoms in total. The van der Waals surface area contributed by atoms with Crippen molar-refractivity contribution < 1.29 is 4.79 Å². The van der Waals surface area contributed by atoms with Crippen LogP contribution in [0.5, 0.6) is 0 Å². The molecule has 1 N–H and O–H groups in total. The van der Waals surface area contributed by atoms with Gasteiger partial charge in [0.2, 0.25) is 0 Å². The first-order valence-electron chi connectivity index (χ1n) is 6.56. The molecule has 1 amide bonds. The van der Waals surface area contributed by atoms with Crippen molar-refractivity contribution in [3.8, 4) is 0 Å². The van der Waals surface area contributed by atoms with Crippen LogP contribution in [0.1, 0.15) is 21.6 Å². The number of benzene rings is 1. The molecule has 0 bridgehead atoms. The molecule has 0 fully saturated rings. The predicted molar refractivity (Wildman–Crippen MR) is 86.8 cm³/mol. The Morgan fingerprint density at radius 2 is 2.00 bits per heavy atom. The minimum Gasteiger partial charge on any atom is -0.321 e. The van der Waals surface area contributed by atoms with Crippen LogP contribution in [0.4, 0.5) is 5.69 Å². The van der Waals surface area contributed by atoms with Crippen molar-refractivity contribution in [2.45, 2.75) is 13.8 Å². The highest BCUT2D eigenvalue weighted by Crippen LogP contribution is 2.24. The van der Waals surface area contributed by atoms with Gasteiger partial charge in [0, 0.05) is 16.9 Å². The molecule has 0 aliphatic carbocycles. The maximum absolute atomic E-state index is 12.3. The van der Waals surface area contributed by atoms with Crippen molar-refractivity contribution in [3.63, 3.8) is 0 Å². The molecule has 0 unspecified atom stereocenters. The van der Waals surface area contributed by atoms with Crippen LogP contribution in [0, 0.1) is 13.8 Å². The Bertz CT molecular complexity index is 839. The van der Waals surface area contributed by atoms with Gasteiger partial charge in [-0.15, -0.1) is 0 Å². The summed E-state index contributed by atoms with van der Waals surface area (Å²) in [6.45, 7) is 3.93. The summed E-state index contributed by atoms with van der Waals surface area (Å²) in [7, 11) is 0. The first-order chi connectivity index (χ1) is 10.0. The fourth-order valence-corrected chi connectivity index (χ4v) is 2.76. The second kappa shape index (κ2) is 5.33. The van der Waals surface area contributed by atoms with Gasteiger partial charge in [-0.3, -0.25) is 4.79 Å². The summed E-state index contributed by atoms with van der Waals surface area (Å²) < 4.78 is 2.73. The number of halogens is 1. The Hall–Kier alpha value is -2.14. The normalized spacial score (nSPS) is 10.8. The van der Waals surface area contributed by atoms with E-state index in [1.807, 2.05) is 48.7 Å². The highest BCUT2D eigenvalue weighted by atomic mass is 79.9. The zero-order valence-corrected chi connectivity index (χ0v) is 13.3. The number of anilines is 1. The number of amides is 1. The van der Waals surface area contributed by atoms with E-state index in [1.165, 1.54) is 0 Å². The Kier molecular flexibility index (Phi) is 3.51. The molecule has 0 radical (unpaired) electrons. The van der Waals surface area contributed by atoms with Crippen molar-refractivity contribution in [1.82, 2.24) is 9.38 Å². The molecule has 0 aliphatic heterocycles. The fraction of sp³-hybridized carbons (Fsp3) is 0.125. The molecule has 3 aromatic rings. The maximum Gasteiger partial charge on any atom is 0.257 e. The maximum atomic E-state index is 12.3. The van der Waals surface area contributed by atoms with Crippen LogP contribution in [0.2, 0.25) is 0 Å². The van der Waals surface area contributed by atoms with Gasteiger partial charge < -0.3 is 9.72 Å². The summed E-state index contributed by atoms with van der Waals surface area (Å²) >= 11 is 3.46. The van der Waals surface area contributed by atoms with Crippen LogP contribution in [0.3, 0.4) is 0 Å². The van der Waals surface area contributed by atoms with E-state index < -0.39 is 0 Å². The highest BCUT2D eigenvalue weighted by molar-refractivity contribution is 9.10. The molecule has 106 valence electrons. The molecule has 0 atom stereocenters. The highest BCUT2D eigenvalue weighted by Gasteiger charge is 2.10. The minimum atomic E-state index is -0.146. The fourth-order valence-electron chi connectivity index (χ4n) is 2.17. The number of nitrogens with zero attached hydrogens (tertiary/aromatic N) is 2. The quantitative estimate of drug-likeness (QED) is 0.765. The predicted octanol–water partition coefficient (Wildman–Crippen LogP) is 3.97. The zero-order chi connectivity index (χ0) is 15.0. The van der Waals surface area contributed by atoms with Crippen LogP contribution in [0.25, 0.3) is 5.65 Å². The van der Waals surface area contributed by atoms with E-state index in [0.29, 0.717) is 5.56 Å². The Morgan fingerprint density at radius 3 is 2.76 bits per heavy atom. The molecule has 5 heteroatoms. The number of aromatic nitrogens is 2. The molecule has 2 heterocycles. The van der Waals surface area contributed by atoms with Gasteiger partial charge in [0.25, 0.3) is 5.91 Å². The summed E-state index contributed by atoms with van der Waals surface area (Å²) in [4.78, 5) is 16.7. The van der Waals surface area contributed by atoms with Crippen LogP contribution in [-0.2, 0) is 0 Å². The van der Waals surface area contributed by atoms with Crippen LogP contribution in [0.15, 0.2) is 47.2 Å². The number of imidazole rings is 1. The molecular formula is C16H14BrN3O. The number of nitrogens with one attached hydrogen (secondary N) is 1. The van der Waals surface area contributed by atoms with Gasteiger partial charge in [-0.1, -0.05) is 6.07 Å². The Balaban J connectivity index is 1.89. The molecule has 0 saturated heterocycles. The van der Waals surface area contributed by atoms with Gasteiger partial charge in [0.05, 0.1) is 16.9 Å². The number of aryl methyl sites for hydroxylation is 2. The second-order valence-electron chi connectivity index (χ2n) is 5.00. The van der Waals surface area contributed by atoms with E-state index in [0.717, 1.165) is 27.1 Å². The first kappa shape index (κ1) is 13.8. The second-order valence-corrected chi connectivity index (χ2v) is 5.86. The molecular weight excluding hydrogens is 330 g/mol. The van der Waals surface area contributed by atoms with E-state index in [4.69, 9.17) is 0 Å². The van der Waals surface area contributed by atoms with Crippen LogP contribution < -0.4 is 5.32 Å². The molecule has 21 heavy (non-hydrogen) atoms. The lowest BCUT2D eigenvalue weighted by Crippen LogP contribution is -2.13. The standard InChI is InChI=1S/C16H14BrN3O/c1-10-3-5-14(13(17)7-10)19-16(21)12-4-6-15-18-11(2)8-20(15)9-12/h3-9H,1-2H3,(H,19,21). The Morgan fingerprint density at radius 1 is 1.19 bits per heavy atom. The van der Waals surface area contributed by atoms with Gasteiger partial charge in [-0.25, -0.2) is 4.98 Å². The zero-order valence-electron chi connectivity index (χ0n) is 11.7. The molecule has 0 spiro atoms. The number of pyridine rings is 1. The van der Waals surface area contributed by atoms with Crippen LogP contribution >= 0.6 is 15.9 Å². The van der Waals surface area contributed by atoms with Gasteiger partial charge in [0.15, 0.2) is 0 Å². The van der Waals surface area contributed by atoms with Gasteiger partial charge in [0.1, 0.15) is 5.65 Å². The third kappa shape index (κ3) is 2.83. The largest absolute Gasteiger partial charge is 0.321 e. The van der Waals surface area contributed by atoms with E-state index in [2.05, 4.69) is 26.2 Å². The summed E-state index contributed by atoms with van der Waals surface area (Å²) in [6.07, 6.45) is 3.68. The number of hydrogen-bond donors (Lipinski definition) is 1. The van der Waals surface area contributed by atoms with E-state index >= 15 is 0 Å². The average Bonchev–Trinajstić information content (AvgIpc) is 2.80. The molecule has 0 aliphatic rings. The van der Waals surface area contributed by atoms with Crippen LogP contribution in [-0.4, -0.2) is 15.3 Å².